The fourth-order valence-corrected chi connectivity index (χ4v) is 3.19. The molecule has 0 spiro atoms. The van der Waals surface area contributed by atoms with Crippen molar-refractivity contribution in [2.75, 3.05) is 18.6 Å². The second-order valence-corrected chi connectivity index (χ2v) is 6.01. The third-order valence-electron chi connectivity index (χ3n) is 4.44. The molecular weight excluding hydrogens is 316 g/mol. The molecule has 0 saturated carbocycles. The van der Waals surface area contributed by atoms with Crippen LogP contribution in [0.1, 0.15) is 18.4 Å². The van der Waals surface area contributed by atoms with Crippen LogP contribution >= 0.6 is 0 Å². The average Bonchev–Trinajstić information content (AvgIpc) is 3.04. The summed E-state index contributed by atoms with van der Waals surface area (Å²) in [5.41, 5.74) is 1.82. The van der Waals surface area contributed by atoms with Gasteiger partial charge in [-0.1, -0.05) is 36.4 Å². The van der Waals surface area contributed by atoms with Crippen LogP contribution in [0.2, 0.25) is 0 Å². The molecule has 3 rings (SSSR count). The molecule has 2 aromatic rings. The van der Waals surface area contributed by atoms with Gasteiger partial charge in [-0.05, 0) is 36.6 Å². The van der Waals surface area contributed by atoms with Crippen molar-refractivity contribution in [3.8, 4) is 5.75 Å². The van der Waals surface area contributed by atoms with Gasteiger partial charge in [0.2, 0.25) is 11.8 Å². The van der Waals surface area contributed by atoms with E-state index in [1.165, 1.54) is 0 Å². The van der Waals surface area contributed by atoms with Crippen LogP contribution in [0.3, 0.4) is 0 Å². The lowest BCUT2D eigenvalue weighted by molar-refractivity contribution is -0.123. The Bertz CT molecular complexity index is 746. The van der Waals surface area contributed by atoms with Crippen LogP contribution in [0.25, 0.3) is 0 Å². The number of hydrogen-bond donors (Lipinski definition) is 1. The Morgan fingerprint density at radius 3 is 2.64 bits per heavy atom. The maximum Gasteiger partial charge on any atom is 0.243 e. The normalized spacial score (nSPS) is 16.8. The highest BCUT2D eigenvalue weighted by Gasteiger charge is 2.36. The molecule has 0 aliphatic carbocycles. The molecule has 25 heavy (non-hydrogen) atoms. The van der Waals surface area contributed by atoms with E-state index in [1.807, 2.05) is 54.6 Å². The first-order valence-electron chi connectivity index (χ1n) is 8.47. The van der Waals surface area contributed by atoms with Crippen molar-refractivity contribution in [1.29, 1.82) is 0 Å². The minimum absolute atomic E-state index is 0.00363. The first-order valence-corrected chi connectivity index (χ1v) is 8.47. The first-order chi connectivity index (χ1) is 12.2. The molecule has 5 nitrogen and oxygen atoms in total. The van der Waals surface area contributed by atoms with E-state index in [0.717, 1.165) is 17.0 Å². The van der Waals surface area contributed by atoms with Gasteiger partial charge in [0.15, 0.2) is 0 Å². The number of benzene rings is 2. The van der Waals surface area contributed by atoms with Gasteiger partial charge in [-0.15, -0.1) is 0 Å². The number of ether oxygens (including phenoxy) is 1. The molecule has 0 bridgehead atoms. The lowest BCUT2D eigenvalue weighted by Crippen LogP contribution is -2.45. The maximum absolute atomic E-state index is 12.6. The molecule has 1 heterocycles. The van der Waals surface area contributed by atoms with Crippen LogP contribution in [-0.2, 0) is 16.0 Å². The summed E-state index contributed by atoms with van der Waals surface area (Å²) in [7, 11) is 1.64. The smallest absolute Gasteiger partial charge is 0.243 e. The molecule has 1 aliphatic rings. The van der Waals surface area contributed by atoms with Crippen LogP contribution in [0.5, 0.6) is 5.75 Å². The summed E-state index contributed by atoms with van der Waals surface area (Å²) >= 11 is 0. The highest BCUT2D eigenvalue weighted by molar-refractivity contribution is 6.03. The molecule has 2 aromatic carbocycles. The van der Waals surface area contributed by atoms with Crippen LogP contribution in [0.15, 0.2) is 54.6 Å². The molecule has 1 saturated heterocycles. The zero-order valence-electron chi connectivity index (χ0n) is 14.3. The Morgan fingerprint density at radius 1 is 1.16 bits per heavy atom. The number of carbonyl (C=O) groups is 2. The van der Waals surface area contributed by atoms with Crippen molar-refractivity contribution >= 4 is 17.5 Å². The summed E-state index contributed by atoms with van der Waals surface area (Å²) in [4.78, 5) is 26.4. The monoisotopic (exact) mass is 338 g/mol. The quantitative estimate of drug-likeness (QED) is 0.881. The van der Waals surface area contributed by atoms with Crippen molar-refractivity contribution < 1.29 is 14.3 Å². The summed E-state index contributed by atoms with van der Waals surface area (Å²) < 4.78 is 5.33. The first kappa shape index (κ1) is 17.0. The number of nitrogens with zero attached hydrogens (tertiary/aromatic N) is 1. The second-order valence-electron chi connectivity index (χ2n) is 6.01. The molecule has 1 unspecified atom stereocenters. The zero-order chi connectivity index (χ0) is 17.6. The minimum atomic E-state index is -0.437. The van der Waals surface area contributed by atoms with E-state index in [0.29, 0.717) is 25.8 Å². The molecule has 1 aliphatic heterocycles. The van der Waals surface area contributed by atoms with E-state index in [2.05, 4.69) is 5.32 Å². The third kappa shape index (κ3) is 3.82. The van der Waals surface area contributed by atoms with Crippen molar-refractivity contribution in [2.24, 2.45) is 0 Å². The summed E-state index contributed by atoms with van der Waals surface area (Å²) in [6, 6.07) is 16.7. The van der Waals surface area contributed by atoms with E-state index >= 15 is 0 Å². The second kappa shape index (κ2) is 7.83. The van der Waals surface area contributed by atoms with Gasteiger partial charge in [0.05, 0.1) is 7.11 Å². The molecule has 0 radical (unpaired) electrons. The number of methoxy groups -OCH3 is 1. The van der Waals surface area contributed by atoms with Gasteiger partial charge in [-0.2, -0.15) is 0 Å². The zero-order valence-corrected chi connectivity index (χ0v) is 14.3. The maximum atomic E-state index is 12.6. The molecular formula is C20H22N2O3. The van der Waals surface area contributed by atoms with E-state index < -0.39 is 6.04 Å². The number of hydrogen-bond acceptors (Lipinski definition) is 3. The Hall–Kier alpha value is -2.82. The Labute approximate surface area is 147 Å². The number of amides is 2. The van der Waals surface area contributed by atoms with Gasteiger partial charge in [-0.25, -0.2) is 0 Å². The van der Waals surface area contributed by atoms with Crippen LogP contribution in [-0.4, -0.2) is 31.5 Å². The van der Waals surface area contributed by atoms with E-state index in [1.54, 1.807) is 12.0 Å². The van der Waals surface area contributed by atoms with Gasteiger partial charge in [0.1, 0.15) is 11.8 Å². The van der Waals surface area contributed by atoms with E-state index in [9.17, 15) is 9.59 Å². The Balaban J connectivity index is 1.62. The Morgan fingerprint density at radius 2 is 1.88 bits per heavy atom. The highest BCUT2D eigenvalue weighted by atomic mass is 16.5. The fourth-order valence-electron chi connectivity index (χ4n) is 3.19. The Kier molecular flexibility index (Phi) is 5.33. The van der Waals surface area contributed by atoms with Crippen LogP contribution in [0.4, 0.5) is 5.69 Å². The van der Waals surface area contributed by atoms with Crippen molar-refractivity contribution in [3.63, 3.8) is 0 Å². The largest absolute Gasteiger partial charge is 0.496 e. The fraction of sp³-hybridized carbons (Fsp3) is 0.300. The predicted molar refractivity (Wildman–Crippen MR) is 96.7 cm³/mol. The topological polar surface area (TPSA) is 58.6 Å². The SMILES string of the molecule is COc1ccccc1CCNC(=O)C1CCC(=O)N1c1ccccc1. The molecule has 0 aromatic heterocycles. The molecule has 1 N–H and O–H groups in total. The van der Waals surface area contributed by atoms with E-state index in [4.69, 9.17) is 4.74 Å². The minimum Gasteiger partial charge on any atom is -0.496 e. The standard InChI is InChI=1S/C20H22N2O3/c1-25-18-10-6-5-7-15(18)13-14-21-20(24)17-11-12-19(23)22(17)16-8-3-2-4-9-16/h2-10,17H,11-14H2,1H3,(H,21,24). The molecule has 1 fully saturated rings. The molecule has 2 amide bonds. The number of nitrogens with one attached hydrogen (secondary N) is 1. The number of anilines is 1. The molecule has 5 heteroatoms. The molecule has 130 valence electrons. The predicted octanol–water partition coefficient (Wildman–Crippen LogP) is 2.55. The van der Waals surface area contributed by atoms with Gasteiger partial charge in [0.25, 0.3) is 0 Å². The van der Waals surface area contributed by atoms with Crippen LogP contribution in [0, 0.1) is 0 Å². The third-order valence-corrected chi connectivity index (χ3v) is 4.44. The van der Waals surface area contributed by atoms with Crippen LogP contribution < -0.4 is 15.0 Å². The van der Waals surface area contributed by atoms with Gasteiger partial charge in [0, 0.05) is 18.7 Å². The van der Waals surface area contributed by atoms with Gasteiger partial charge >= 0.3 is 0 Å². The summed E-state index contributed by atoms with van der Waals surface area (Å²) in [6.45, 7) is 0.506. The van der Waals surface area contributed by atoms with E-state index in [-0.39, 0.29) is 11.8 Å². The summed E-state index contributed by atoms with van der Waals surface area (Å²) in [6.07, 6.45) is 1.63. The highest BCUT2D eigenvalue weighted by Crippen LogP contribution is 2.26. The van der Waals surface area contributed by atoms with Gasteiger partial charge in [-0.3, -0.25) is 14.5 Å². The number of rotatable bonds is 6. The molecule has 1 atom stereocenters. The van der Waals surface area contributed by atoms with Crippen molar-refractivity contribution in [3.05, 3.63) is 60.2 Å². The number of carbonyl (C=O) groups excluding carboxylic acids is 2. The van der Waals surface area contributed by atoms with Crippen molar-refractivity contribution in [2.45, 2.75) is 25.3 Å². The van der Waals surface area contributed by atoms with Crippen molar-refractivity contribution in [1.82, 2.24) is 5.32 Å². The van der Waals surface area contributed by atoms with Gasteiger partial charge < -0.3 is 10.1 Å². The lowest BCUT2D eigenvalue weighted by Gasteiger charge is -2.24. The average molecular weight is 338 g/mol. The number of para-hydroxylation sites is 2. The summed E-state index contributed by atoms with van der Waals surface area (Å²) in [5.74, 6) is 0.708. The lowest BCUT2D eigenvalue weighted by atomic mass is 10.1. The summed E-state index contributed by atoms with van der Waals surface area (Å²) in [5, 5.41) is 2.96.